The van der Waals surface area contributed by atoms with Crippen molar-refractivity contribution in [2.45, 2.75) is 24.5 Å². The van der Waals surface area contributed by atoms with Crippen molar-refractivity contribution in [1.29, 1.82) is 0 Å². The summed E-state index contributed by atoms with van der Waals surface area (Å²) in [5, 5.41) is 1.01. The first-order chi connectivity index (χ1) is 11.6. The Labute approximate surface area is 150 Å². The summed E-state index contributed by atoms with van der Waals surface area (Å²) in [6.45, 7) is 1.11. The molecule has 3 amide bonds. The van der Waals surface area contributed by atoms with Crippen LogP contribution in [0.15, 0.2) is 24.3 Å². The molecule has 5 nitrogen and oxygen atoms in total. The zero-order chi connectivity index (χ0) is 17.1. The fourth-order valence-corrected chi connectivity index (χ4v) is 4.64. The second-order valence-electron chi connectivity index (χ2n) is 5.92. The van der Waals surface area contributed by atoms with Crippen molar-refractivity contribution < 1.29 is 14.4 Å². The van der Waals surface area contributed by atoms with Crippen molar-refractivity contribution in [3.8, 4) is 0 Å². The number of benzene rings is 1. The number of rotatable bonds is 3. The van der Waals surface area contributed by atoms with E-state index in [1.54, 1.807) is 16.7 Å². The van der Waals surface area contributed by atoms with Crippen molar-refractivity contribution in [2.24, 2.45) is 0 Å². The second kappa shape index (κ2) is 7.57. The number of likely N-dealkylation sites (tertiary alicyclic amines) is 1. The van der Waals surface area contributed by atoms with Crippen LogP contribution in [0.3, 0.4) is 0 Å². The van der Waals surface area contributed by atoms with E-state index in [1.165, 1.54) is 0 Å². The van der Waals surface area contributed by atoms with Crippen LogP contribution in [0, 0.1) is 0 Å². The summed E-state index contributed by atoms with van der Waals surface area (Å²) in [7, 11) is 0. The SMILES string of the molecule is O=C(CN1C(=O)CCC1=O)N1CCS[C@H](c2ccccc2Cl)CC1. The van der Waals surface area contributed by atoms with Crippen LogP contribution in [0.2, 0.25) is 5.02 Å². The lowest BCUT2D eigenvalue weighted by molar-refractivity contribution is -0.145. The monoisotopic (exact) mass is 366 g/mol. The summed E-state index contributed by atoms with van der Waals surface area (Å²) in [5.41, 5.74) is 1.10. The first-order valence-corrected chi connectivity index (χ1v) is 9.46. The quantitative estimate of drug-likeness (QED) is 0.771. The van der Waals surface area contributed by atoms with Crippen molar-refractivity contribution >= 4 is 41.1 Å². The zero-order valence-corrected chi connectivity index (χ0v) is 14.8. The van der Waals surface area contributed by atoms with Crippen LogP contribution in [0.25, 0.3) is 0 Å². The number of carbonyl (C=O) groups excluding carboxylic acids is 3. The number of hydrogen-bond acceptors (Lipinski definition) is 4. The van der Waals surface area contributed by atoms with Crippen LogP contribution >= 0.6 is 23.4 Å². The Morgan fingerprint density at radius 2 is 1.88 bits per heavy atom. The summed E-state index contributed by atoms with van der Waals surface area (Å²) in [5.74, 6) is 0.167. The van der Waals surface area contributed by atoms with Crippen LogP contribution in [0.4, 0.5) is 0 Å². The molecular formula is C17H19ClN2O3S. The largest absolute Gasteiger partial charge is 0.340 e. The minimum absolute atomic E-state index is 0.126. The molecule has 2 fully saturated rings. The molecule has 1 aromatic carbocycles. The molecule has 2 aliphatic rings. The van der Waals surface area contributed by atoms with Gasteiger partial charge in [-0.1, -0.05) is 29.8 Å². The number of halogens is 1. The van der Waals surface area contributed by atoms with E-state index in [9.17, 15) is 14.4 Å². The van der Waals surface area contributed by atoms with Gasteiger partial charge in [0.2, 0.25) is 17.7 Å². The molecule has 0 aliphatic carbocycles. The topological polar surface area (TPSA) is 57.7 Å². The van der Waals surface area contributed by atoms with Crippen LogP contribution in [0.5, 0.6) is 0 Å². The number of hydrogen-bond donors (Lipinski definition) is 0. The van der Waals surface area contributed by atoms with Crippen LogP contribution in [-0.4, -0.2) is 52.9 Å². The van der Waals surface area contributed by atoms with E-state index in [4.69, 9.17) is 11.6 Å². The van der Waals surface area contributed by atoms with Gasteiger partial charge in [-0.15, -0.1) is 0 Å². The highest BCUT2D eigenvalue weighted by Crippen LogP contribution is 2.37. The van der Waals surface area contributed by atoms with Gasteiger partial charge in [0.1, 0.15) is 6.54 Å². The highest BCUT2D eigenvalue weighted by Gasteiger charge is 2.32. The molecule has 0 aromatic heterocycles. The fraction of sp³-hybridized carbons (Fsp3) is 0.471. The number of amides is 3. The summed E-state index contributed by atoms with van der Waals surface area (Å²) < 4.78 is 0. The molecular weight excluding hydrogens is 348 g/mol. The lowest BCUT2D eigenvalue weighted by atomic mass is 10.1. The summed E-state index contributed by atoms with van der Waals surface area (Å²) in [6.07, 6.45) is 1.25. The number of carbonyl (C=O) groups is 3. The Morgan fingerprint density at radius 3 is 2.58 bits per heavy atom. The lowest BCUT2D eigenvalue weighted by Gasteiger charge is -2.23. The van der Waals surface area contributed by atoms with Crippen molar-refractivity contribution in [3.63, 3.8) is 0 Å². The van der Waals surface area contributed by atoms with E-state index in [-0.39, 0.29) is 42.4 Å². The third kappa shape index (κ3) is 3.75. The molecule has 0 spiro atoms. The maximum Gasteiger partial charge on any atom is 0.242 e. The van der Waals surface area contributed by atoms with Crippen molar-refractivity contribution in [3.05, 3.63) is 34.9 Å². The number of nitrogens with zero attached hydrogens (tertiary/aromatic N) is 2. The Bertz CT molecular complexity index is 651. The molecule has 0 bridgehead atoms. The molecule has 3 rings (SSSR count). The van der Waals surface area contributed by atoms with Gasteiger partial charge in [0.05, 0.1) is 0 Å². The van der Waals surface area contributed by atoms with Gasteiger partial charge in [-0.25, -0.2) is 0 Å². The van der Waals surface area contributed by atoms with E-state index in [2.05, 4.69) is 0 Å². The van der Waals surface area contributed by atoms with Crippen LogP contribution < -0.4 is 0 Å². The number of thioether (sulfide) groups is 1. The predicted molar refractivity (Wildman–Crippen MR) is 93.8 cm³/mol. The van der Waals surface area contributed by atoms with Gasteiger partial charge in [0.25, 0.3) is 0 Å². The summed E-state index contributed by atoms with van der Waals surface area (Å²) >= 11 is 8.07. The first-order valence-electron chi connectivity index (χ1n) is 8.03. The van der Waals surface area contributed by atoms with Gasteiger partial charge < -0.3 is 4.90 Å². The first kappa shape index (κ1) is 17.3. The fourth-order valence-electron chi connectivity index (χ4n) is 3.04. The minimum Gasteiger partial charge on any atom is -0.340 e. The molecule has 1 atom stereocenters. The van der Waals surface area contributed by atoms with E-state index in [0.717, 1.165) is 27.7 Å². The Morgan fingerprint density at radius 1 is 1.17 bits per heavy atom. The standard InChI is InChI=1S/C17H19ClN2O3S/c18-13-4-2-1-3-12(13)14-7-8-19(9-10-24-14)17(23)11-20-15(21)5-6-16(20)22/h1-4,14H,5-11H2/t14-/m0/s1. The molecule has 0 N–H and O–H groups in total. The summed E-state index contributed by atoms with van der Waals surface area (Å²) in [4.78, 5) is 38.6. The zero-order valence-electron chi connectivity index (χ0n) is 13.2. The number of imide groups is 1. The molecule has 2 saturated heterocycles. The maximum atomic E-state index is 12.5. The van der Waals surface area contributed by atoms with Crippen molar-refractivity contribution in [2.75, 3.05) is 25.4 Å². The predicted octanol–water partition coefficient (Wildman–Crippen LogP) is 2.50. The average molecular weight is 367 g/mol. The normalized spacial score (nSPS) is 22.0. The Kier molecular flexibility index (Phi) is 5.46. The third-order valence-corrected chi connectivity index (χ3v) is 6.05. The van der Waals surface area contributed by atoms with Crippen LogP contribution in [0.1, 0.15) is 30.1 Å². The average Bonchev–Trinajstić information content (AvgIpc) is 2.79. The maximum absolute atomic E-state index is 12.5. The molecule has 0 radical (unpaired) electrons. The van der Waals surface area contributed by atoms with Gasteiger partial charge in [-0.2, -0.15) is 11.8 Å². The highest BCUT2D eigenvalue weighted by molar-refractivity contribution is 7.99. The highest BCUT2D eigenvalue weighted by atomic mass is 35.5. The molecule has 7 heteroatoms. The summed E-state index contributed by atoms with van der Waals surface area (Å²) in [6, 6.07) is 7.79. The molecule has 0 unspecified atom stereocenters. The molecule has 2 aliphatic heterocycles. The van der Waals surface area contributed by atoms with Crippen LogP contribution in [-0.2, 0) is 14.4 Å². The minimum atomic E-state index is -0.244. The smallest absolute Gasteiger partial charge is 0.242 e. The van der Waals surface area contributed by atoms with E-state index in [0.29, 0.717) is 13.1 Å². The molecule has 1 aromatic rings. The van der Waals surface area contributed by atoms with Gasteiger partial charge in [0, 0.05) is 42.0 Å². The van der Waals surface area contributed by atoms with Gasteiger partial charge in [0.15, 0.2) is 0 Å². The van der Waals surface area contributed by atoms with Gasteiger partial charge in [-0.3, -0.25) is 19.3 Å². The molecule has 2 heterocycles. The van der Waals surface area contributed by atoms with E-state index >= 15 is 0 Å². The lowest BCUT2D eigenvalue weighted by Crippen LogP contribution is -2.43. The Balaban J connectivity index is 1.61. The van der Waals surface area contributed by atoms with Gasteiger partial charge in [-0.05, 0) is 18.1 Å². The van der Waals surface area contributed by atoms with E-state index in [1.807, 2.05) is 24.3 Å². The Hall–Kier alpha value is -1.53. The van der Waals surface area contributed by atoms with E-state index < -0.39 is 0 Å². The van der Waals surface area contributed by atoms with Gasteiger partial charge >= 0.3 is 0 Å². The molecule has 24 heavy (non-hydrogen) atoms. The molecule has 0 saturated carbocycles. The van der Waals surface area contributed by atoms with Crippen molar-refractivity contribution in [1.82, 2.24) is 9.80 Å². The third-order valence-electron chi connectivity index (χ3n) is 4.39. The second-order valence-corrected chi connectivity index (χ2v) is 7.64. The molecule has 128 valence electrons.